The zero-order valence-corrected chi connectivity index (χ0v) is 7.14. The average Bonchev–Trinajstić information content (AvgIpc) is 1.99. The second kappa shape index (κ2) is 3.10. The first kappa shape index (κ1) is 8.99. The Hall–Kier alpha value is -1.10. The number of nitrogens with zero attached hydrogens (tertiary/aromatic N) is 1. The van der Waals surface area contributed by atoms with Gasteiger partial charge in [-0.15, -0.1) is 12.6 Å². The molecule has 0 unspecified atom stereocenters. The number of benzene rings is 1. The Labute approximate surface area is 73.8 Å². The molecule has 0 radical (unpaired) electrons. The van der Waals surface area contributed by atoms with Crippen LogP contribution >= 0.6 is 12.6 Å². The second-order valence-electron chi connectivity index (χ2n) is 2.35. The molecule has 5 heteroatoms. The van der Waals surface area contributed by atoms with Crippen LogP contribution in [0.4, 0.5) is 10.1 Å². The summed E-state index contributed by atoms with van der Waals surface area (Å²) < 4.78 is 12.8. The molecule has 0 saturated carbocycles. The van der Waals surface area contributed by atoms with Crippen molar-refractivity contribution in [1.82, 2.24) is 0 Å². The summed E-state index contributed by atoms with van der Waals surface area (Å²) in [6, 6.07) is 2.14. The van der Waals surface area contributed by atoms with E-state index in [2.05, 4.69) is 12.6 Å². The van der Waals surface area contributed by atoms with Gasteiger partial charge in [0.05, 0.1) is 11.0 Å². The van der Waals surface area contributed by atoms with Crippen molar-refractivity contribution in [3.63, 3.8) is 0 Å². The first-order valence-corrected chi connectivity index (χ1v) is 3.60. The number of nitro groups is 1. The summed E-state index contributed by atoms with van der Waals surface area (Å²) in [7, 11) is 0. The number of hydrogen-bond acceptors (Lipinski definition) is 3. The summed E-state index contributed by atoms with van der Waals surface area (Å²) in [5.41, 5.74) is 0.216. The van der Waals surface area contributed by atoms with Gasteiger partial charge in [0.1, 0.15) is 5.82 Å². The smallest absolute Gasteiger partial charge is 0.258 e. The average molecular weight is 187 g/mol. The van der Waals surface area contributed by atoms with Crippen LogP contribution in [0.5, 0.6) is 0 Å². The molecular formula is C7H6FNO2S. The third-order valence-electron chi connectivity index (χ3n) is 1.45. The van der Waals surface area contributed by atoms with E-state index in [1.54, 1.807) is 6.92 Å². The number of thiol groups is 1. The summed E-state index contributed by atoms with van der Waals surface area (Å²) in [4.78, 5) is 9.75. The summed E-state index contributed by atoms with van der Waals surface area (Å²) in [6.45, 7) is 1.57. The number of hydrogen-bond donors (Lipinski definition) is 1. The lowest BCUT2D eigenvalue weighted by molar-refractivity contribution is -0.385. The van der Waals surface area contributed by atoms with E-state index in [1.807, 2.05) is 0 Å². The molecule has 1 aromatic rings. The Bertz CT molecular complexity index is 317. The maximum Gasteiger partial charge on any atom is 0.272 e. The Morgan fingerprint density at radius 2 is 2.17 bits per heavy atom. The second-order valence-corrected chi connectivity index (χ2v) is 2.80. The van der Waals surface area contributed by atoms with Crippen molar-refractivity contribution in [1.29, 1.82) is 0 Å². The van der Waals surface area contributed by atoms with Crippen molar-refractivity contribution in [3.8, 4) is 0 Å². The fraction of sp³-hybridized carbons (Fsp3) is 0.143. The number of rotatable bonds is 1. The Balaban J connectivity index is 3.31. The normalized spacial score (nSPS) is 9.92. The van der Waals surface area contributed by atoms with Crippen LogP contribution in [0, 0.1) is 22.9 Å². The van der Waals surface area contributed by atoms with Crippen LogP contribution in [-0.2, 0) is 0 Å². The standard InChI is InChI=1S/C7H6FNO2S/c1-4-2-5(9(10)11)3-6(8)7(4)12/h2-3,12H,1H3. The minimum Gasteiger partial charge on any atom is -0.258 e. The van der Waals surface area contributed by atoms with Gasteiger partial charge in [0.15, 0.2) is 0 Å². The lowest BCUT2D eigenvalue weighted by Crippen LogP contribution is -1.91. The van der Waals surface area contributed by atoms with Crippen molar-refractivity contribution in [3.05, 3.63) is 33.6 Å². The van der Waals surface area contributed by atoms with Gasteiger partial charge in [-0.1, -0.05) is 0 Å². The molecule has 0 atom stereocenters. The van der Waals surface area contributed by atoms with E-state index in [-0.39, 0.29) is 10.6 Å². The van der Waals surface area contributed by atoms with Crippen LogP contribution in [0.1, 0.15) is 5.56 Å². The summed E-state index contributed by atoms with van der Waals surface area (Å²) in [6.07, 6.45) is 0. The van der Waals surface area contributed by atoms with Crippen LogP contribution < -0.4 is 0 Å². The molecule has 0 aliphatic rings. The molecule has 0 fully saturated rings. The van der Waals surface area contributed by atoms with Gasteiger partial charge in [0.2, 0.25) is 0 Å². The molecule has 0 aromatic heterocycles. The van der Waals surface area contributed by atoms with Crippen molar-refractivity contribution < 1.29 is 9.31 Å². The van der Waals surface area contributed by atoms with Crippen molar-refractivity contribution in [2.75, 3.05) is 0 Å². The minimum atomic E-state index is -0.662. The van der Waals surface area contributed by atoms with Gasteiger partial charge in [0, 0.05) is 11.0 Å². The summed E-state index contributed by atoms with van der Waals surface area (Å²) >= 11 is 3.83. The molecule has 0 aliphatic heterocycles. The molecule has 3 nitrogen and oxygen atoms in total. The Morgan fingerprint density at radius 3 is 2.58 bits per heavy atom. The zero-order chi connectivity index (χ0) is 9.30. The highest BCUT2D eigenvalue weighted by Crippen LogP contribution is 2.23. The van der Waals surface area contributed by atoms with Crippen molar-refractivity contribution in [2.24, 2.45) is 0 Å². The Morgan fingerprint density at radius 1 is 1.58 bits per heavy atom. The summed E-state index contributed by atoms with van der Waals surface area (Å²) in [5, 5.41) is 10.2. The highest BCUT2D eigenvalue weighted by atomic mass is 32.1. The van der Waals surface area contributed by atoms with E-state index in [1.165, 1.54) is 6.07 Å². The van der Waals surface area contributed by atoms with Gasteiger partial charge in [-0.3, -0.25) is 10.1 Å². The highest BCUT2D eigenvalue weighted by molar-refractivity contribution is 7.80. The van der Waals surface area contributed by atoms with Gasteiger partial charge in [-0.05, 0) is 12.5 Å². The number of aryl methyl sites for hydroxylation is 1. The number of nitro benzene ring substituents is 1. The molecule has 0 spiro atoms. The molecule has 0 heterocycles. The van der Waals surface area contributed by atoms with Gasteiger partial charge < -0.3 is 0 Å². The van der Waals surface area contributed by atoms with E-state index in [9.17, 15) is 14.5 Å². The predicted molar refractivity (Wildman–Crippen MR) is 45.0 cm³/mol. The monoisotopic (exact) mass is 187 g/mol. The number of halogens is 1. The lowest BCUT2D eigenvalue weighted by atomic mass is 10.2. The topological polar surface area (TPSA) is 43.1 Å². The van der Waals surface area contributed by atoms with Crippen LogP contribution in [-0.4, -0.2) is 4.92 Å². The predicted octanol–water partition coefficient (Wildman–Crippen LogP) is 2.33. The summed E-state index contributed by atoms with van der Waals surface area (Å²) in [5.74, 6) is -0.662. The van der Waals surface area contributed by atoms with E-state index >= 15 is 0 Å². The van der Waals surface area contributed by atoms with Gasteiger partial charge in [-0.25, -0.2) is 4.39 Å². The molecular weight excluding hydrogens is 181 g/mol. The fourth-order valence-corrected chi connectivity index (χ4v) is 0.953. The number of non-ortho nitro benzene ring substituents is 1. The van der Waals surface area contributed by atoms with E-state index < -0.39 is 10.7 Å². The quantitative estimate of drug-likeness (QED) is 0.416. The first-order valence-electron chi connectivity index (χ1n) is 3.16. The van der Waals surface area contributed by atoms with Crippen LogP contribution in [0.15, 0.2) is 17.0 Å². The van der Waals surface area contributed by atoms with E-state index in [0.29, 0.717) is 5.56 Å². The minimum absolute atomic E-state index is 0.153. The molecule has 0 N–H and O–H groups in total. The maximum absolute atomic E-state index is 12.8. The molecule has 0 amide bonds. The molecule has 0 saturated heterocycles. The van der Waals surface area contributed by atoms with Crippen molar-refractivity contribution in [2.45, 2.75) is 11.8 Å². The van der Waals surface area contributed by atoms with Crippen LogP contribution in [0.3, 0.4) is 0 Å². The third-order valence-corrected chi connectivity index (χ3v) is 2.02. The molecule has 0 aliphatic carbocycles. The Kier molecular flexibility index (Phi) is 2.32. The largest absolute Gasteiger partial charge is 0.272 e. The highest BCUT2D eigenvalue weighted by Gasteiger charge is 2.11. The molecule has 1 rings (SSSR count). The molecule has 64 valence electrons. The molecule has 0 bridgehead atoms. The SMILES string of the molecule is Cc1cc([N+](=O)[O-])cc(F)c1S. The zero-order valence-electron chi connectivity index (χ0n) is 6.24. The van der Waals surface area contributed by atoms with Crippen LogP contribution in [0.2, 0.25) is 0 Å². The molecule has 12 heavy (non-hydrogen) atoms. The fourth-order valence-electron chi connectivity index (χ4n) is 0.824. The lowest BCUT2D eigenvalue weighted by Gasteiger charge is -1.99. The van der Waals surface area contributed by atoms with Crippen LogP contribution in [0.25, 0.3) is 0 Å². The van der Waals surface area contributed by atoms with Gasteiger partial charge in [-0.2, -0.15) is 0 Å². The van der Waals surface area contributed by atoms with Gasteiger partial charge in [0.25, 0.3) is 5.69 Å². The van der Waals surface area contributed by atoms with Gasteiger partial charge >= 0.3 is 0 Å². The molecule has 1 aromatic carbocycles. The first-order chi connectivity index (χ1) is 5.52. The van der Waals surface area contributed by atoms with E-state index in [0.717, 1.165) is 6.07 Å². The maximum atomic E-state index is 12.8. The van der Waals surface area contributed by atoms with E-state index in [4.69, 9.17) is 0 Å². The third kappa shape index (κ3) is 1.55. The van der Waals surface area contributed by atoms with Crippen molar-refractivity contribution >= 4 is 18.3 Å².